The van der Waals surface area contributed by atoms with E-state index in [1.807, 2.05) is 6.92 Å². The standard InChI is InChI=1S/C16H19N3O7S/c1-2-6-17(12-5-7-27(24,25)10-12)15(20)9-18-13-4-3-11(19(22)23)8-14(13)26-16(18)21/h3-4,8,12H,2,5-7,9-10H2,1H3. The minimum atomic E-state index is -3.15. The Morgan fingerprint density at radius 2 is 2.19 bits per heavy atom. The van der Waals surface area contributed by atoms with Crippen LogP contribution in [0.1, 0.15) is 19.8 Å². The van der Waals surface area contributed by atoms with Gasteiger partial charge in [-0.05, 0) is 18.9 Å². The molecule has 1 aliphatic rings. The van der Waals surface area contributed by atoms with E-state index in [1.165, 1.54) is 17.0 Å². The number of hydrogen-bond acceptors (Lipinski definition) is 7. The maximum absolute atomic E-state index is 12.8. The number of rotatable bonds is 6. The Hall–Kier alpha value is -2.69. The highest BCUT2D eigenvalue weighted by Gasteiger charge is 2.34. The lowest BCUT2D eigenvalue weighted by Gasteiger charge is -2.28. The summed E-state index contributed by atoms with van der Waals surface area (Å²) in [6.07, 6.45) is 1.02. The molecule has 0 N–H and O–H groups in total. The van der Waals surface area contributed by atoms with Gasteiger partial charge in [0.1, 0.15) is 6.54 Å². The lowest BCUT2D eigenvalue weighted by atomic mass is 10.2. The third kappa shape index (κ3) is 3.87. The summed E-state index contributed by atoms with van der Waals surface area (Å²) in [6.45, 7) is 1.94. The zero-order valence-corrected chi connectivity index (χ0v) is 15.5. The molecule has 1 unspecified atom stereocenters. The molecule has 10 nitrogen and oxygen atoms in total. The van der Waals surface area contributed by atoms with E-state index in [2.05, 4.69) is 0 Å². The van der Waals surface area contributed by atoms with E-state index < -0.39 is 26.6 Å². The Morgan fingerprint density at radius 1 is 1.44 bits per heavy atom. The van der Waals surface area contributed by atoms with Crippen molar-refractivity contribution < 1.29 is 22.6 Å². The molecule has 2 aromatic rings. The molecule has 3 rings (SSSR count). The van der Waals surface area contributed by atoms with E-state index in [9.17, 15) is 28.1 Å². The third-order valence-corrected chi connectivity index (χ3v) is 6.34. The Labute approximate surface area is 154 Å². The van der Waals surface area contributed by atoms with Crippen LogP contribution in [0.3, 0.4) is 0 Å². The summed E-state index contributed by atoms with van der Waals surface area (Å²) in [5.74, 6) is -1.22. The molecule has 1 aromatic carbocycles. The molecular formula is C16H19N3O7S. The van der Waals surface area contributed by atoms with Crippen molar-refractivity contribution in [1.29, 1.82) is 0 Å². The number of oxazole rings is 1. The second kappa shape index (κ2) is 7.14. The van der Waals surface area contributed by atoms with Gasteiger partial charge in [0, 0.05) is 18.7 Å². The Morgan fingerprint density at radius 3 is 2.78 bits per heavy atom. The van der Waals surface area contributed by atoms with Crippen molar-refractivity contribution in [3.05, 3.63) is 38.9 Å². The number of sulfone groups is 1. The molecule has 1 amide bonds. The molecule has 0 aliphatic carbocycles. The molecule has 2 heterocycles. The van der Waals surface area contributed by atoms with Gasteiger partial charge in [-0.15, -0.1) is 0 Å². The fraction of sp³-hybridized carbons (Fsp3) is 0.500. The van der Waals surface area contributed by atoms with Gasteiger partial charge in [0.2, 0.25) is 5.91 Å². The van der Waals surface area contributed by atoms with Gasteiger partial charge >= 0.3 is 5.76 Å². The quantitative estimate of drug-likeness (QED) is 0.523. The molecule has 1 atom stereocenters. The second-order valence-corrected chi connectivity index (χ2v) is 8.74. The van der Waals surface area contributed by atoms with E-state index in [0.29, 0.717) is 19.4 Å². The van der Waals surface area contributed by atoms with E-state index in [0.717, 1.165) is 10.6 Å². The van der Waals surface area contributed by atoms with Crippen LogP contribution in [0.5, 0.6) is 0 Å². The maximum atomic E-state index is 12.8. The smallest absolute Gasteiger partial charge is 0.407 e. The highest BCUT2D eigenvalue weighted by Crippen LogP contribution is 2.22. The number of aromatic nitrogens is 1. The van der Waals surface area contributed by atoms with Crippen LogP contribution in [-0.2, 0) is 21.2 Å². The number of fused-ring (bicyclic) bond motifs is 1. The van der Waals surface area contributed by atoms with E-state index >= 15 is 0 Å². The minimum absolute atomic E-state index is 0.0208. The first-order valence-corrected chi connectivity index (χ1v) is 10.3. The summed E-state index contributed by atoms with van der Waals surface area (Å²) >= 11 is 0. The number of carbonyl (C=O) groups excluding carboxylic acids is 1. The zero-order chi connectivity index (χ0) is 19.8. The molecule has 0 radical (unpaired) electrons. The lowest BCUT2D eigenvalue weighted by Crippen LogP contribution is -2.44. The first kappa shape index (κ1) is 19.1. The SMILES string of the molecule is CCCN(C(=O)Cn1c(=O)oc2cc([N+](=O)[O-])ccc21)C1CCS(=O)(=O)C1. The lowest BCUT2D eigenvalue weighted by molar-refractivity contribution is -0.384. The number of carbonyl (C=O) groups is 1. The van der Waals surface area contributed by atoms with Gasteiger partial charge in [-0.3, -0.25) is 19.5 Å². The molecular weight excluding hydrogens is 378 g/mol. The number of nitro groups is 1. The third-order valence-electron chi connectivity index (χ3n) is 4.59. The van der Waals surface area contributed by atoms with Gasteiger partial charge < -0.3 is 9.32 Å². The van der Waals surface area contributed by atoms with Gasteiger partial charge in [-0.25, -0.2) is 13.2 Å². The van der Waals surface area contributed by atoms with Gasteiger partial charge in [-0.2, -0.15) is 0 Å². The number of amides is 1. The predicted octanol–water partition coefficient (Wildman–Crippen LogP) is 0.928. The predicted molar refractivity (Wildman–Crippen MR) is 96.2 cm³/mol. The second-order valence-electron chi connectivity index (χ2n) is 6.51. The van der Waals surface area contributed by atoms with Crippen LogP contribution < -0.4 is 5.76 Å². The fourth-order valence-corrected chi connectivity index (χ4v) is 5.05. The van der Waals surface area contributed by atoms with Gasteiger partial charge in [0.05, 0.1) is 28.0 Å². The van der Waals surface area contributed by atoms with Crippen LogP contribution in [0.2, 0.25) is 0 Å². The summed E-state index contributed by atoms with van der Waals surface area (Å²) in [5.41, 5.74) is 0.0698. The van der Waals surface area contributed by atoms with Crippen LogP contribution in [0.25, 0.3) is 11.1 Å². The summed E-state index contributed by atoms with van der Waals surface area (Å²) in [6, 6.07) is 3.31. The van der Waals surface area contributed by atoms with Crippen LogP contribution in [0.15, 0.2) is 27.4 Å². The van der Waals surface area contributed by atoms with Crippen LogP contribution in [-0.4, -0.2) is 52.8 Å². The molecule has 1 aromatic heterocycles. The van der Waals surface area contributed by atoms with Crippen molar-refractivity contribution in [3.8, 4) is 0 Å². The van der Waals surface area contributed by atoms with Crippen molar-refractivity contribution >= 4 is 32.5 Å². The average Bonchev–Trinajstić information content (AvgIpc) is 3.11. The highest BCUT2D eigenvalue weighted by atomic mass is 32.2. The van der Waals surface area contributed by atoms with Crippen molar-refractivity contribution in [1.82, 2.24) is 9.47 Å². The molecule has 1 fully saturated rings. The number of hydrogen-bond donors (Lipinski definition) is 0. The Bertz CT molecular complexity index is 1050. The summed E-state index contributed by atoms with van der Waals surface area (Å²) in [4.78, 5) is 36.7. The Kier molecular flexibility index (Phi) is 5.05. The molecule has 0 saturated carbocycles. The van der Waals surface area contributed by atoms with E-state index in [-0.39, 0.29) is 40.7 Å². The number of non-ortho nitro benzene ring substituents is 1. The zero-order valence-electron chi connectivity index (χ0n) is 14.7. The molecule has 1 saturated heterocycles. The number of nitrogens with zero attached hydrogens (tertiary/aromatic N) is 3. The molecule has 146 valence electrons. The fourth-order valence-electron chi connectivity index (χ4n) is 3.32. The van der Waals surface area contributed by atoms with Crippen molar-refractivity contribution in [2.45, 2.75) is 32.4 Å². The van der Waals surface area contributed by atoms with Crippen LogP contribution >= 0.6 is 0 Å². The average molecular weight is 397 g/mol. The normalized spacial score (nSPS) is 18.6. The molecule has 0 bridgehead atoms. The summed E-state index contributed by atoms with van der Waals surface area (Å²) in [5, 5.41) is 10.8. The van der Waals surface area contributed by atoms with Gasteiger partial charge in [0.25, 0.3) is 5.69 Å². The number of benzene rings is 1. The van der Waals surface area contributed by atoms with Crippen LogP contribution in [0.4, 0.5) is 5.69 Å². The molecule has 1 aliphatic heterocycles. The van der Waals surface area contributed by atoms with Gasteiger partial charge in [0.15, 0.2) is 15.4 Å². The maximum Gasteiger partial charge on any atom is 0.420 e. The van der Waals surface area contributed by atoms with Gasteiger partial charge in [-0.1, -0.05) is 6.92 Å². The Balaban J connectivity index is 1.88. The van der Waals surface area contributed by atoms with Crippen molar-refractivity contribution in [2.24, 2.45) is 0 Å². The molecule has 0 spiro atoms. The highest BCUT2D eigenvalue weighted by molar-refractivity contribution is 7.91. The largest absolute Gasteiger partial charge is 0.420 e. The summed E-state index contributed by atoms with van der Waals surface area (Å²) < 4.78 is 29.6. The number of nitro benzene ring substituents is 1. The van der Waals surface area contributed by atoms with E-state index in [1.54, 1.807) is 0 Å². The topological polar surface area (TPSA) is 133 Å². The van der Waals surface area contributed by atoms with Crippen LogP contribution in [0, 0.1) is 10.1 Å². The van der Waals surface area contributed by atoms with E-state index in [4.69, 9.17) is 4.42 Å². The molecule has 11 heteroatoms. The minimum Gasteiger partial charge on any atom is -0.407 e. The molecule has 27 heavy (non-hydrogen) atoms. The van der Waals surface area contributed by atoms with Crippen molar-refractivity contribution in [3.63, 3.8) is 0 Å². The monoisotopic (exact) mass is 397 g/mol. The van der Waals surface area contributed by atoms with Crippen molar-refractivity contribution in [2.75, 3.05) is 18.1 Å². The summed E-state index contributed by atoms with van der Waals surface area (Å²) in [7, 11) is -3.15. The first-order valence-electron chi connectivity index (χ1n) is 8.49. The first-order chi connectivity index (χ1) is 12.7.